The lowest BCUT2D eigenvalue weighted by Gasteiger charge is -2.33. The van der Waals surface area contributed by atoms with Gasteiger partial charge in [0.05, 0.1) is 0 Å². The van der Waals surface area contributed by atoms with Gasteiger partial charge in [-0.2, -0.15) is 0 Å². The standard InChI is InChI=1S/C14H27N3O2/c1-10(2)9-13(18)16-12-5-7-17(8-6-12)14(19)15-11(3)4/h10-12H,5-9H2,1-4H3,(H,15,19)(H,16,18). The van der Waals surface area contributed by atoms with E-state index in [1.807, 2.05) is 32.6 Å². The van der Waals surface area contributed by atoms with Gasteiger partial charge in [0.1, 0.15) is 0 Å². The number of rotatable bonds is 4. The Morgan fingerprint density at radius 1 is 1.16 bits per heavy atom. The number of piperidine rings is 1. The first-order chi connectivity index (χ1) is 8.88. The van der Waals surface area contributed by atoms with Crippen LogP contribution in [0.25, 0.3) is 0 Å². The molecule has 0 aromatic carbocycles. The Morgan fingerprint density at radius 2 is 1.74 bits per heavy atom. The fraction of sp³-hybridized carbons (Fsp3) is 0.857. The third kappa shape index (κ3) is 5.94. The average Bonchev–Trinajstić information content (AvgIpc) is 2.27. The van der Waals surface area contributed by atoms with Gasteiger partial charge in [-0.05, 0) is 32.6 Å². The van der Waals surface area contributed by atoms with Crippen molar-refractivity contribution in [2.45, 2.75) is 59.0 Å². The Morgan fingerprint density at radius 3 is 2.21 bits per heavy atom. The van der Waals surface area contributed by atoms with Gasteiger partial charge in [-0.25, -0.2) is 4.79 Å². The second kappa shape index (κ2) is 7.36. The molecule has 0 radical (unpaired) electrons. The number of urea groups is 1. The summed E-state index contributed by atoms with van der Waals surface area (Å²) in [5, 5.41) is 5.95. The van der Waals surface area contributed by atoms with Crippen molar-refractivity contribution in [2.24, 2.45) is 5.92 Å². The van der Waals surface area contributed by atoms with Gasteiger partial charge < -0.3 is 15.5 Å². The van der Waals surface area contributed by atoms with Gasteiger partial charge in [0.15, 0.2) is 0 Å². The molecule has 1 saturated heterocycles. The van der Waals surface area contributed by atoms with E-state index in [2.05, 4.69) is 10.6 Å². The van der Waals surface area contributed by atoms with Gasteiger partial charge in [0, 0.05) is 31.6 Å². The van der Waals surface area contributed by atoms with Gasteiger partial charge in [0.2, 0.25) is 5.91 Å². The first-order valence-electron chi connectivity index (χ1n) is 7.23. The molecule has 1 aliphatic rings. The molecule has 110 valence electrons. The molecule has 19 heavy (non-hydrogen) atoms. The van der Waals surface area contributed by atoms with Crippen LogP contribution in [0.5, 0.6) is 0 Å². The maximum atomic E-state index is 11.8. The smallest absolute Gasteiger partial charge is 0.317 e. The number of hydrogen-bond acceptors (Lipinski definition) is 2. The van der Waals surface area contributed by atoms with Crippen molar-refractivity contribution in [2.75, 3.05) is 13.1 Å². The highest BCUT2D eigenvalue weighted by Gasteiger charge is 2.24. The highest BCUT2D eigenvalue weighted by molar-refractivity contribution is 5.76. The molecule has 1 fully saturated rings. The monoisotopic (exact) mass is 269 g/mol. The molecule has 2 N–H and O–H groups in total. The lowest BCUT2D eigenvalue weighted by atomic mass is 10.0. The van der Waals surface area contributed by atoms with Crippen molar-refractivity contribution >= 4 is 11.9 Å². The molecule has 0 atom stereocenters. The predicted molar refractivity (Wildman–Crippen MR) is 75.9 cm³/mol. The van der Waals surface area contributed by atoms with Crippen molar-refractivity contribution in [3.8, 4) is 0 Å². The molecule has 1 heterocycles. The zero-order valence-corrected chi connectivity index (χ0v) is 12.5. The highest BCUT2D eigenvalue weighted by atomic mass is 16.2. The van der Waals surface area contributed by atoms with E-state index in [9.17, 15) is 9.59 Å². The summed E-state index contributed by atoms with van der Waals surface area (Å²) in [6.07, 6.45) is 2.26. The fourth-order valence-corrected chi connectivity index (χ4v) is 2.22. The Bertz CT molecular complexity index is 308. The Labute approximate surface area is 116 Å². The summed E-state index contributed by atoms with van der Waals surface area (Å²) in [4.78, 5) is 25.3. The molecule has 3 amide bonds. The number of carbonyl (C=O) groups excluding carboxylic acids is 2. The van der Waals surface area contributed by atoms with Gasteiger partial charge >= 0.3 is 6.03 Å². The van der Waals surface area contributed by atoms with Crippen molar-refractivity contribution in [3.63, 3.8) is 0 Å². The van der Waals surface area contributed by atoms with Gasteiger partial charge in [-0.3, -0.25) is 4.79 Å². The first kappa shape index (κ1) is 15.8. The topological polar surface area (TPSA) is 61.4 Å². The van der Waals surface area contributed by atoms with E-state index >= 15 is 0 Å². The quantitative estimate of drug-likeness (QED) is 0.816. The Kier molecular flexibility index (Phi) is 6.12. The molecule has 0 unspecified atom stereocenters. The number of nitrogens with zero attached hydrogens (tertiary/aromatic N) is 1. The Hall–Kier alpha value is -1.26. The van der Waals surface area contributed by atoms with Crippen LogP contribution in [0.3, 0.4) is 0 Å². The lowest BCUT2D eigenvalue weighted by molar-refractivity contribution is -0.122. The van der Waals surface area contributed by atoms with Gasteiger partial charge in [-0.1, -0.05) is 13.8 Å². The minimum Gasteiger partial charge on any atom is -0.353 e. The van der Waals surface area contributed by atoms with Crippen LogP contribution >= 0.6 is 0 Å². The van der Waals surface area contributed by atoms with Crippen molar-refractivity contribution in [1.29, 1.82) is 0 Å². The number of likely N-dealkylation sites (tertiary alicyclic amines) is 1. The normalized spacial score (nSPS) is 16.8. The van der Waals surface area contributed by atoms with Crippen LogP contribution < -0.4 is 10.6 Å². The molecule has 0 spiro atoms. The summed E-state index contributed by atoms with van der Waals surface area (Å²) < 4.78 is 0. The zero-order valence-electron chi connectivity index (χ0n) is 12.5. The van der Waals surface area contributed by atoms with Crippen LogP contribution in [0.2, 0.25) is 0 Å². The SMILES string of the molecule is CC(C)CC(=O)NC1CCN(C(=O)NC(C)C)CC1. The van der Waals surface area contributed by atoms with Crippen LogP contribution in [0.15, 0.2) is 0 Å². The molecule has 5 heteroatoms. The number of nitrogens with one attached hydrogen (secondary N) is 2. The van der Waals surface area contributed by atoms with Crippen LogP contribution in [0.4, 0.5) is 4.79 Å². The van der Waals surface area contributed by atoms with E-state index in [-0.39, 0.29) is 24.0 Å². The number of hydrogen-bond donors (Lipinski definition) is 2. The zero-order chi connectivity index (χ0) is 14.4. The summed E-state index contributed by atoms with van der Waals surface area (Å²) in [5.74, 6) is 0.511. The molecule has 1 aliphatic heterocycles. The van der Waals surface area contributed by atoms with Crippen LogP contribution in [0, 0.1) is 5.92 Å². The summed E-state index contributed by atoms with van der Waals surface area (Å²) in [5.41, 5.74) is 0. The van der Waals surface area contributed by atoms with Crippen molar-refractivity contribution < 1.29 is 9.59 Å². The average molecular weight is 269 g/mol. The number of amides is 3. The van der Waals surface area contributed by atoms with Gasteiger partial charge in [0.25, 0.3) is 0 Å². The summed E-state index contributed by atoms with van der Waals surface area (Å²) in [7, 11) is 0. The molecule has 0 bridgehead atoms. The molecule has 0 aromatic rings. The second-order valence-electron chi connectivity index (χ2n) is 6.03. The van der Waals surface area contributed by atoms with E-state index < -0.39 is 0 Å². The van der Waals surface area contributed by atoms with Crippen molar-refractivity contribution in [3.05, 3.63) is 0 Å². The van der Waals surface area contributed by atoms with Crippen LogP contribution in [0.1, 0.15) is 47.0 Å². The minimum atomic E-state index is 0.00181. The van der Waals surface area contributed by atoms with E-state index in [0.29, 0.717) is 25.4 Å². The first-order valence-corrected chi connectivity index (χ1v) is 7.23. The van der Waals surface area contributed by atoms with Crippen LogP contribution in [-0.4, -0.2) is 42.0 Å². The summed E-state index contributed by atoms with van der Waals surface area (Å²) in [6.45, 7) is 9.42. The Balaban J connectivity index is 2.29. The molecule has 1 rings (SSSR count). The van der Waals surface area contributed by atoms with Crippen molar-refractivity contribution in [1.82, 2.24) is 15.5 Å². The molecular weight excluding hydrogens is 242 g/mol. The minimum absolute atomic E-state index is 0.00181. The molecule has 0 aliphatic carbocycles. The maximum Gasteiger partial charge on any atom is 0.317 e. The largest absolute Gasteiger partial charge is 0.353 e. The van der Waals surface area contributed by atoms with Gasteiger partial charge in [-0.15, -0.1) is 0 Å². The highest BCUT2D eigenvalue weighted by Crippen LogP contribution is 2.11. The predicted octanol–water partition coefficient (Wildman–Crippen LogP) is 1.73. The molecule has 5 nitrogen and oxygen atoms in total. The fourth-order valence-electron chi connectivity index (χ4n) is 2.22. The molecule has 0 saturated carbocycles. The molecule has 0 aromatic heterocycles. The van der Waals surface area contributed by atoms with E-state index in [1.165, 1.54) is 0 Å². The maximum absolute atomic E-state index is 11.8. The van der Waals surface area contributed by atoms with E-state index in [0.717, 1.165) is 12.8 Å². The lowest BCUT2D eigenvalue weighted by Crippen LogP contribution is -2.50. The van der Waals surface area contributed by atoms with E-state index in [1.54, 1.807) is 0 Å². The van der Waals surface area contributed by atoms with E-state index in [4.69, 9.17) is 0 Å². The second-order valence-corrected chi connectivity index (χ2v) is 6.03. The summed E-state index contributed by atoms with van der Waals surface area (Å²) in [6, 6.07) is 0.382. The third-order valence-corrected chi connectivity index (χ3v) is 3.15. The third-order valence-electron chi connectivity index (χ3n) is 3.15. The van der Waals surface area contributed by atoms with Crippen LogP contribution in [-0.2, 0) is 4.79 Å². The number of carbonyl (C=O) groups is 2. The summed E-state index contributed by atoms with van der Waals surface area (Å²) >= 11 is 0. The molecular formula is C14H27N3O2.